The Hall–Kier alpha value is -3.87. The SMILES string of the molecule is CCNC(=O)C(Cc1ccccc1)N(Cc1ccccc1F)C(=O)COc1ccc(OC)cc1. The first-order valence-electron chi connectivity index (χ1n) is 11.1. The van der Waals surface area contributed by atoms with E-state index in [9.17, 15) is 14.0 Å². The molecule has 0 spiro atoms. The molecule has 3 aromatic carbocycles. The lowest BCUT2D eigenvalue weighted by Gasteiger charge is -2.31. The van der Waals surface area contributed by atoms with Crippen LogP contribution in [-0.2, 0) is 22.6 Å². The van der Waals surface area contributed by atoms with E-state index < -0.39 is 17.8 Å². The van der Waals surface area contributed by atoms with Crippen LogP contribution in [0.3, 0.4) is 0 Å². The second-order valence-corrected chi connectivity index (χ2v) is 7.68. The van der Waals surface area contributed by atoms with E-state index in [-0.39, 0.29) is 25.5 Å². The quantitative estimate of drug-likeness (QED) is 0.466. The lowest BCUT2D eigenvalue weighted by atomic mass is 10.0. The number of nitrogens with one attached hydrogen (secondary N) is 1. The van der Waals surface area contributed by atoms with Crippen LogP contribution in [0, 0.1) is 5.82 Å². The van der Waals surface area contributed by atoms with Crippen LogP contribution in [0.2, 0.25) is 0 Å². The van der Waals surface area contributed by atoms with Crippen molar-refractivity contribution in [3.8, 4) is 11.5 Å². The Balaban J connectivity index is 1.87. The number of rotatable bonds is 11. The van der Waals surface area contributed by atoms with E-state index in [4.69, 9.17) is 9.47 Å². The normalized spacial score (nSPS) is 11.4. The summed E-state index contributed by atoms with van der Waals surface area (Å²) >= 11 is 0. The fourth-order valence-electron chi connectivity index (χ4n) is 3.56. The van der Waals surface area contributed by atoms with Gasteiger partial charge in [-0.2, -0.15) is 0 Å². The summed E-state index contributed by atoms with van der Waals surface area (Å²) in [5.41, 5.74) is 1.21. The number of nitrogens with zero attached hydrogens (tertiary/aromatic N) is 1. The minimum atomic E-state index is -0.839. The number of carbonyl (C=O) groups excluding carboxylic acids is 2. The van der Waals surface area contributed by atoms with Crippen LogP contribution in [0.25, 0.3) is 0 Å². The number of hydrogen-bond donors (Lipinski definition) is 1. The molecule has 0 heterocycles. The largest absolute Gasteiger partial charge is 0.497 e. The molecular weight excluding hydrogens is 435 g/mol. The van der Waals surface area contributed by atoms with Gasteiger partial charge < -0.3 is 19.7 Å². The highest BCUT2D eigenvalue weighted by molar-refractivity contribution is 5.88. The van der Waals surface area contributed by atoms with Crippen molar-refractivity contribution in [2.75, 3.05) is 20.3 Å². The van der Waals surface area contributed by atoms with Crippen LogP contribution in [0.5, 0.6) is 11.5 Å². The van der Waals surface area contributed by atoms with Gasteiger partial charge in [-0.3, -0.25) is 9.59 Å². The number of carbonyl (C=O) groups is 2. The van der Waals surface area contributed by atoms with Crippen LogP contribution in [0.1, 0.15) is 18.1 Å². The summed E-state index contributed by atoms with van der Waals surface area (Å²) in [7, 11) is 1.56. The van der Waals surface area contributed by atoms with Gasteiger partial charge in [-0.05, 0) is 42.8 Å². The molecular formula is C27H29FN2O4. The highest BCUT2D eigenvalue weighted by Crippen LogP contribution is 2.19. The minimum Gasteiger partial charge on any atom is -0.497 e. The number of hydrogen-bond acceptors (Lipinski definition) is 4. The van der Waals surface area contributed by atoms with E-state index in [1.165, 1.54) is 11.0 Å². The molecule has 3 rings (SSSR count). The second kappa shape index (κ2) is 12.4. The number of likely N-dealkylation sites (N-methyl/N-ethyl adjacent to an activating group) is 1. The molecule has 2 amide bonds. The van der Waals surface area contributed by atoms with Crippen LogP contribution in [0.4, 0.5) is 4.39 Å². The Morgan fingerprint density at radius 3 is 2.24 bits per heavy atom. The molecule has 0 fully saturated rings. The summed E-state index contributed by atoms with van der Waals surface area (Å²) in [5.74, 6) is -0.0193. The summed E-state index contributed by atoms with van der Waals surface area (Å²) in [5, 5.41) is 2.81. The molecule has 7 heteroatoms. The van der Waals surface area contributed by atoms with Crippen molar-refractivity contribution >= 4 is 11.8 Å². The van der Waals surface area contributed by atoms with E-state index in [0.29, 0.717) is 23.6 Å². The van der Waals surface area contributed by atoms with Gasteiger partial charge in [0.1, 0.15) is 23.4 Å². The number of halogens is 1. The van der Waals surface area contributed by atoms with Crippen molar-refractivity contribution in [2.45, 2.75) is 25.9 Å². The molecule has 1 unspecified atom stereocenters. The molecule has 1 atom stereocenters. The van der Waals surface area contributed by atoms with Crippen molar-refractivity contribution in [3.63, 3.8) is 0 Å². The van der Waals surface area contributed by atoms with Gasteiger partial charge in [-0.15, -0.1) is 0 Å². The van der Waals surface area contributed by atoms with E-state index in [0.717, 1.165) is 5.56 Å². The minimum absolute atomic E-state index is 0.0634. The molecule has 0 radical (unpaired) electrons. The zero-order valence-corrected chi connectivity index (χ0v) is 19.4. The average molecular weight is 465 g/mol. The Labute approximate surface area is 199 Å². The molecule has 0 aliphatic carbocycles. The first-order valence-corrected chi connectivity index (χ1v) is 11.1. The van der Waals surface area contributed by atoms with Gasteiger partial charge >= 0.3 is 0 Å². The van der Waals surface area contributed by atoms with Crippen LogP contribution in [-0.4, -0.2) is 43.0 Å². The monoisotopic (exact) mass is 464 g/mol. The maximum Gasteiger partial charge on any atom is 0.261 e. The highest BCUT2D eigenvalue weighted by Gasteiger charge is 2.31. The molecule has 0 aliphatic rings. The fraction of sp³-hybridized carbons (Fsp3) is 0.259. The summed E-state index contributed by atoms with van der Waals surface area (Å²) in [6.45, 7) is 1.86. The van der Waals surface area contributed by atoms with Crippen molar-refractivity contribution in [2.24, 2.45) is 0 Å². The summed E-state index contributed by atoms with van der Waals surface area (Å²) in [6.07, 6.45) is 0.287. The first-order chi connectivity index (χ1) is 16.5. The van der Waals surface area contributed by atoms with Gasteiger partial charge in [0.15, 0.2) is 6.61 Å². The number of amides is 2. The zero-order chi connectivity index (χ0) is 24.3. The lowest BCUT2D eigenvalue weighted by Crippen LogP contribution is -2.51. The lowest BCUT2D eigenvalue weighted by molar-refractivity contribution is -0.142. The third-order valence-electron chi connectivity index (χ3n) is 5.34. The smallest absolute Gasteiger partial charge is 0.261 e. The predicted molar refractivity (Wildman–Crippen MR) is 128 cm³/mol. The van der Waals surface area contributed by atoms with Crippen molar-refractivity contribution in [1.82, 2.24) is 10.2 Å². The highest BCUT2D eigenvalue weighted by atomic mass is 19.1. The first kappa shape index (κ1) is 24.8. The average Bonchev–Trinajstić information content (AvgIpc) is 2.86. The molecule has 0 saturated carbocycles. The van der Waals surface area contributed by atoms with Gasteiger partial charge in [0.05, 0.1) is 7.11 Å². The van der Waals surface area contributed by atoms with Gasteiger partial charge in [0.2, 0.25) is 5.91 Å². The maximum atomic E-state index is 14.5. The fourth-order valence-corrected chi connectivity index (χ4v) is 3.56. The number of benzene rings is 3. The molecule has 0 aliphatic heterocycles. The van der Waals surface area contributed by atoms with Crippen molar-refractivity contribution in [1.29, 1.82) is 0 Å². The van der Waals surface area contributed by atoms with E-state index >= 15 is 0 Å². The molecule has 1 N–H and O–H groups in total. The third kappa shape index (κ3) is 6.81. The molecule has 6 nitrogen and oxygen atoms in total. The Bertz CT molecular complexity index is 1070. The van der Waals surface area contributed by atoms with E-state index in [1.807, 2.05) is 37.3 Å². The summed E-state index contributed by atoms with van der Waals surface area (Å²) in [6, 6.07) is 21.7. The number of ether oxygens (including phenoxy) is 2. The molecule has 3 aromatic rings. The van der Waals surface area contributed by atoms with Crippen molar-refractivity contribution < 1.29 is 23.5 Å². The van der Waals surface area contributed by atoms with E-state index in [2.05, 4.69) is 5.32 Å². The summed E-state index contributed by atoms with van der Waals surface area (Å²) in [4.78, 5) is 27.8. The van der Waals surface area contributed by atoms with Gasteiger partial charge in [0.25, 0.3) is 5.91 Å². The maximum absolute atomic E-state index is 14.5. The molecule has 178 valence electrons. The third-order valence-corrected chi connectivity index (χ3v) is 5.34. The summed E-state index contributed by atoms with van der Waals surface area (Å²) < 4.78 is 25.3. The predicted octanol–water partition coefficient (Wildman–Crippen LogP) is 3.99. The van der Waals surface area contributed by atoms with Crippen molar-refractivity contribution in [3.05, 3.63) is 95.8 Å². The topological polar surface area (TPSA) is 67.9 Å². The number of methoxy groups -OCH3 is 1. The Morgan fingerprint density at radius 2 is 1.59 bits per heavy atom. The van der Waals surface area contributed by atoms with Gasteiger partial charge in [0, 0.05) is 25.1 Å². The molecule has 0 bridgehead atoms. The zero-order valence-electron chi connectivity index (χ0n) is 19.4. The molecule has 34 heavy (non-hydrogen) atoms. The van der Waals surface area contributed by atoms with Gasteiger partial charge in [-0.1, -0.05) is 48.5 Å². The van der Waals surface area contributed by atoms with Crippen LogP contribution < -0.4 is 14.8 Å². The molecule has 0 aromatic heterocycles. The molecule has 0 saturated heterocycles. The second-order valence-electron chi connectivity index (χ2n) is 7.68. The Morgan fingerprint density at radius 1 is 0.941 bits per heavy atom. The Kier molecular flexibility index (Phi) is 9.03. The van der Waals surface area contributed by atoms with Crippen LogP contribution >= 0.6 is 0 Å². The van der Waals surface area contributed by atoms with E-state index in [1.54, 1.807) is 49.6 Å². The van der Waals surface area contributed by atoms with Gasteiger partial charge in [-0.25, -0.2) is 4.39 Å². The standard InChI is InChI=1S/C27H29FN2O4/c1-3-29-27(32)25(17-20-9-5-4-6-10-20)30(18-21-11-7-8-12-24(21)28)26(31)19-34-23-15-13-22(33-2)14-16-23/h4-16,25H,3,17-19H2,1-2H3,(H,29,32). The van der Waals surface area contributed by atoms with Crippen LogP contribution in [0.15, 0.2) is 78.9 Å².